The molecule has 0 heterocycles. The van der Waals surface area contributed by atoms with E-state index in [9.17, 15) is 4.79 Å². The first-order chi connectivity index (χ1) is 14.0. The van der Waals surface area contributed by atoms with Crippen molar-refractivity contribution in [2.45, 2.75) is 19.9 Å². The summed E-state index contributed by atoms with van der Waals surface area (Å²) in [5, 5.41) is 9.71. The number of methoxy groups -OCH3 is 2. The molecule has 1 atom stereocenters. The van der Waals surface area contributed by atoms with Crippen LogP contribution in [0.15, 0.2) is 65.8 Å². The van der Waals surface area contributed by atoms with E-state index in [2.05, 4.69) is 21.9 Å². The third-order valence-electron chi connectivity index (χ3n) is 4.66. The highest BCUT2D eigenvalue weighted by Gasteiger charge is 2.13. The summed E-state index contributed by atoms with van der Waals surface area (Å²) in [6, 6.07) is 19.1. The number of fused-ring (bicyclic) bond motifs is 1. The van der Waals surface area contributed by atoms with E-state index in [0.717, 1.165) is 22.0 Å². The van der Waals surface area contributed by atoms with E-state index in [1.54, 1.807) is 27.2 Å². The summed E-state index contributed by atoms with van der Waals surface area (Å²) in [5.74, 6) is 1.09. The van der Waals surface area contributed by atoms with Crippen molar-refractivity contribution in [3.8, 4) is 11.5 Å². The van der Waals surface area contributed by atoms with E-state index >= 15 is 0 Å². The van der Waals surface area contributed by atoms with Gasteiger partial charge in [-0.25, -0.2) is 5.43 Å². The zero-order valence-electron chi connectivity index (χ0n) is 17.0. The van der Waals surface area contributed by atoms with Gasteiger partial charge in [0, 0.05) is 17.3 Å². The van der Waals surface area contributed by atoms with Gasteiger partial charge in [-0.05, 0) is 48.9 Å². The van der Waals surface area contributed by atoms with Crippen LogP contribution in [0.3, 0.4) is 0 Å². The maximum absolute atomic E-state index is 12.5. The predicted octanol–water partition coefficient (Wildman–Crippen LogP) is 4.20. The highest BCUT2D eigenvalue weighted by atomic mass is 16.5. The predicted molar refractivity (Wildman–Crippen MR) is 117 cm³/mol. The molecular formula is C23H25N3O3. The van der Waals surface area contributed by atoms with Gasteiger partial charge in [0.05, 0.1) is 19.9 Å². The molecule has 3 aromatic carbocycles. The van der Waals surface area contributed by atoms with Crippen molar-refractivity contribution in [3.63, 3.8) is 0 Å². The Morgan fingerprint density at radius 2 is 1.72 bits per heavy atom. The van der Waals surface area contributed by atoms with E-state index in [0.29, 0.717) is 17.2 Å². The van der Waals surface area contributed by atoms with E-state index < -0.39 is 6.04 Å². The molecule has 0 aliphatic rings. The highest BCUT2D eigenvalue weighted by Crippen LogP contribution is 2.25. The molecule has 0 aromatic heterocycles. The first-order valence-corrected chi connectivity index (χ1v) is 9.33. The Hall–Kier alpha value is -3.54. The van der Waals surface area contributed by atoms with Gasteiger partial charge in [0.15, 0.2) is 0 Å². The summed E-state index contributed by atoms with van der Waals surface area (Å²) in [6.45, 7) is 3.61. The zero-order valence-corrected chi connectivity index (χ0v) is 17.0. The molecule has 1 amide bonds. The highest BCUT2D eigenvalue weighted by molar-refractivity contribution is 6.02. The summed E-state index contributed by atoms with van der Waals surface area (Å²) >= 11 is 0. The maximum atomic E-state index is 12.5. The van der Waals surface area contributed by atoms with Crippen LogP contribution in [0.25, 0.3) is 10.8 Å². The number of hydrogen-bond acceptors (Lipinski definition) is 5. The second-order valence-corrected chi connectivity index (χ2v) is 6.67. The molecule has 6 nitrogen and oxygen atoms in total. The average molecular weight is 391 g/mol. The number of anilines is 1. The molecule has 29 heavy (non-hydrogen) atoms. The minimum absolute atomic E-state index is 0.231. The molecule has 0 aliphatic carbocycles. The number of benzene rings is 3. The number of nitrogens with zero attached hydrogens (tertiary/aromatic N) is 1. The third kappa shape index (κ3) is 4.85. The lowest BCUT2D eigenvalue weighted by molar-refractivity contribution is -0.121. The summed E-state index contributed by atoms with van der Waals surface area (Å²) in [4.78, 5) is 12.5. The Balaban J connectivity index is 1.67. The van der Waals surface area contributed by atoms with E-state index in [4.69, 9.17) is 9.47 Å². The number of hydrogen-bond donors (Lipinski definition) is 2. The smallest absolute Gasteiger partial charge is 0.262 e. The van der Waals surface area contributed by atoms with Crippen LogP contribution in [0, 0.1) is 0 Å². The molecule has 150 valence electrons. The molecule has 3 rings (SSSR count). The van der Waals surface area contributed by atoms with Crippen molar-refractivity contribution in [1.82, 2.24) is 5.43 Å². The van der Waals surface area contributed by atoms with Crippen LogP contribution in [0.4, 0.5) is 5.69 Å². The summed E-state index contributed by atoms with van der Waals surface area (Å²) in [6.07, 6.45) is 0. The van der Waals surface area contributed by atoms with Crippen LogP contribution >= 0.6 is 0 Å². The molecule has 0 unspecified atom stereocenters. The Morgan fingerprint density at radius 1 is 0.966 bits per heavy atom. The second-order valence-electron chi connectivity index (χ2n) is 6.67. The summed E-state index contributed by atoms with van der Waals surface area (Å²) in [7, 11) is 3.18. The van der Waals surface area contributed by atoms with Gasteiger partial charge in [0.25, 0.3) is 5.91 Å². The fourth-order valence-corrected chi connectivity index (χ4v) is 2.99. The number of ether oxygens (including phenoxy) is 2. The number of amides is 1. The van der Waals surface area contributed by atoms with Crippen LogP contribution in [0.2, 0.25) is 0 Å². The number of carbonyl (C=O) groups is 1. The first kappa shape index (κ1) is 20.2. The van der Waals surface area contributed by atoms with Gasteiger partial charge in [-0.3, -0.25) is 4.79 Å². The molecule has 3 aromatic rings. The first-order valence-electron chi connectivity index (χ1n) is 9.33. The van der Waals surface area contributed by atoms with Crippen LogP contribution in [-0.4, -0.2) is 31.9 Å². The molecule has 0 fully saturated rings. The summed E-state index contributed by atoms with van der Waals surface area (Å²) < 4.78 is 10.6. The van der Waals surface area contributed by atoms with Crippen LogP contribution in [0.5, 0.6) is 11.5 Å². The Morgan fingerprint density at radius 3 is 2.45 bits per heavy atom. The van der Waals surface area contributed by atoms with Gasteiger partial charge < -0.3 is 14.8 Å². The number of nitrogens with one attached hydrogen (secondary N) is 2. The Bertz CT molecular complexity index is 1050. The number of rotatable bonds is 7. The molecule has 0 radical (unpaired) electrons. The molecule has 0 aliphatic heterocycles. The van der Waals surface area contributed by atoms with Crippen molar-refractivity contribution >= 4 is 28.1 Å². The van der Waals surface area contributed by atoms with Crippen molar-refractivity contribution in [3.05, 3.63) is 66.2 Å². The zero-order chi connectivity index (χ0) is 20.8. The molecule has 0 saturated heterocycles. The van der Waals surface area contributed by atoms with E-state index in [1.165, 1.54) is 0 Å². The minimum atomic E-state index is -0.453. The standard InChI is InChI=1S/C23H25N3O3/c1-15(21-12-11-20(28-3)14-22(21)29-4)25-26-23(27)16(2)24-19-10-9-17-7-5-6-8-18(17)13-19/h5-14,16,24H,1-4H3,(H,26,27)/b25-15+/t16-/m0/s1. The maximum Gasteiger partial charge on any atom is 0.262 e. The second kappa shape index (κ2) is 9.10. The van der Waals surface area contributed by atoms with E-state index in [-0.39, 0.29) is 5.91 Å². The van der Waals surface area contributed by atoms with Gasteiger partial charge in [0.2, 0.25) is 0 Å². The molecule has 6 heteroatoms. The monoisotopic (exact) mass is 391 g/mol. The van der Waals surface area contributed by atoms with Crippen molar-refractivity contribution < 1.29 is 14.3 Å². The van der Waals surface area contributed by atoms with Crippen molar-refractivity contribution in [2.75, 3.05) is 19.5 Å². The molecule has 0 saturated carbocycles. The lowest BCUT2D eigenvalue weighted by atomic mass is 10.1. The van der Waals surface area contributed by atoms with Crippen molar-refractivity contribution in [2.24, 2.45) is 5.10 Å². The lowest BCUT2D eigenvalue weighted by Gasteiger charge is -2.15. The topological polar surface area (TPSA) is 72.0 Å². The largest absolute Gasteiger partial charge is 0.497 e. The van der Waals surface area contributed by atoms with Gasteiger partial charge in [-0.2, -0.15) is 5.10 Å². The molecule has 2 N–H and O–H groups in total. The molecule has 0 bridgehead atoms. The van der Waals surface area contributed by atoms with Crippen LogP contribution in [0.1, 0.15) is 19.4 Å². The quantitative estimate of drug-likeness (QED) is 0.468. The van der Waals surface area contributed by atoms with Crippen molar-refractivity contribution in [1.29, 1.82) is 0 Å². The fraction of sp³-hybridized carbons (Fsp3) is 0.217. The van der Waals surface area contributed by atoms with Gasteiger partial charge >= 0.3 is 0 Å². The van der Waals surface area contributed by atoms with Gasteiger partial charge in [0.1, 0.15) is 17.5 Å². The average Bonchev–Trinajstić information content (AvgIpc) is 2.76. The van der Waals surface area contributed by atoms with Crippen LogP contribution < -0.4 is 20.2 Å². The van der Waals surface area contributed by atoms with Gasteiger partial charge in [-0.15, -0.1) is 0 Å². The third-order valence-corrected chi connectivity index (χ3v) is 4.66. The normalized spacial score (nSPS) is 12.3. The van der Waals surface area contributed by atoms with Gasteiger partial charge in [-0.1, -0.05) is 30.3 Å². The fourth-order valence-electron chi connectivity index (χ4n) is 2.99. The summed E-state index contributed by atoms with van der Waals surface area (Å²) in [5.41, 5.74) is 4.91. The molecular weight excluding hydrogens is 366 g/mol. The van der Waals surface area contributed by atoms with E-state index in [1.807, 2.05) is 55.5 Å². The molecule has 0 spiro atoms. The lowest BCUT2D eigenvalue weighted by Crippen LogP contribution is -2.35. The Labute approximate surface area is 170 Å². The Kier molecular flexibility index (Phi) is 6.34. The SMILES string of the molecule is COc1ccc(/C(C)=N/NC(=O)[C@H](C)Nc2ccc3ccccc3c2)c(OC)c1. The number of hydrazone groups is 1. The minimum Gasteiger partial charge on any atom is -0.497 e. The number of carbonyl (C=O) groups excluding carboxylic acids is 1. The van der Waals surface area contributed by atoms with Crippen LogP contribution in [-0.2, 0) is 4.79 Å².